The van der Waals surface area contributed by atoms with E-state index in [4.69, 9.17) is 16.6 Å². The predicted molar refractivity (Wildman–Crippen MR) is 106 cm³/mol. The number of pyridine rings is 1. The van der Waals surface area contributed by atoms with Crippen LogP contribution in [0.4, 0.5) is 5.13 Å². The number of hydrogen-bond donors (Lipinski definition) is 0. The first kappa shape index (κ1) is 17.5. The third kappa shape index (κ3) is 3.65. The lowest BCUT2D eigenvalue weighted by atomic mass is 10.2. The molecule has 0 saturated heterocycles. The van der Waals surface area contributed by atoms with Crippen molar-refractivity contribution in [3.8, 4) is 0 Å². The van der Waals surface area contributed by atoms with E-state index in [1.807, 2.05) is 31.2 Å². The van der Waals surface area contributed by atoms with Gasteiger partial charge in [0.1, 0.15) is 5.69 Å². The van der Waals surface area contributed by atoms with Crippen LogP contribution in [-0.4, -0.2) is 25.8 Å². The maximum Gasteiger partial charge on any atom is 0.280 e. The van der Waals surface area contributed by atoms with Crippen LogP contribution in [0.25, 0.3) is 10.2 Å². The molecule has 3 heterocycles. The van der Waals surface area contributed by atoms with Gasteiger partial charge in [-0.15, -0.1) is 0 Å². The second kappa shape index (κ2) is 7.38. The monoisotopic (exact) mass is 395 g/mol. The van der Waals surface area contributed by atoms with E-state index in [0.717, 1.165) is 21.3 Å². The van der Waals surface area contributed by atoms with E-state index in [2.05, 4.69) is 15.0 Å². The minimum atomic E-state index is -0.269. The zero-order chi connectivity index (χ0) is 18.8. The molecule has 0 aliphatic rings. The molecule has 0 aliphatic carbocycles. The van der Waals surface area contributed by atoms with Gasteiger partial charge in [0.15, 0.2) is 5.13 Å². The first-order chi connectivity index (χ1) is 13.1. The van der Waals surface area contributed by atoms with Crippen molar-refractivity contribution in [1.82, 2.24) is 19.9 Å². The topological polar surface area (TPSA) is 71.9 Å². The molecular formula is C19H14ClN5OS. The Labute approximate surface area is 164 Å². The Kier molecular flexibility index (Phi) is 4.79. The quantitative estimate of drug-likeness (QED) is 0.515. The minimum Gasteiger partial charge on any atom is -0.278 e. The van der Waals surface area contributed by atoms with Gasteiger partial charge in [0, 0.05) is 29.8 Å². The summed E-state index contributed by atoms with van der Waals surface area (Å²) >= 11 is 7.59. The second-order valence-electron chi connectivity index (χ2n) is 5.91. The zero-order valence-electron chi connectivity index (χ0n) is 14.3. The Balaban J connectivity index is 1.80. The molecule has 0 radical (unpaired) electrons. The van der Waals surface area contributed by atoms with Crippen LogP contribution >= 0.6 is 22.9 Å². The second-order valence-corrected chi connectivity index (χ2v) is 7.35. The van der Waals surface area contributed by atoms with E-state index in [1.165, 1.54) is 29.9 Å². The molecule has 0 unspecified atom stereocenters. The van der Waals surface area contributed by atoms with Gasteiger partial charge >= 0.3 is 0 Å². The van der Waals surface area contributed by atoms with Crippen molar-refractivity contribution in [3.63, 3.8) is 0 Å². The van der Waals surface area contributed by atoms with Crippen molar-refractivity contribution in [2.75, 3.05) is 4.90 Å². The molecule has 0 saturated carbocycles. The summed E-state index contributed by atoms with van der Waals surface area (Å²) in [4.78, 5) is 31.7. The molecular weight excluding hydrogens is 382 g/mol. The summed E-state index contributed by atoms with van der Waals surface area (Å²) in [6.45, 7) is 2.28. The highest BCUT2D eigenvalue weighted by Gasteiger charge is 2.23. The lowest BCUT2D eigenvalue weighted by molar-refractivity contribution is 0.0980. The zero-order valence-corrected chi connectivity index (χ0v) is 15.9. The third-order valence-corrected chi connectivity index (χ3v) is 5.20. The van der Waals surface area contributed by atoms with Crippen LogP contribution in [0.2, 0.25) is 5.02 Å². The smallest absolute Gasteiger partial charge is 0.278 e. The normalized spacial score (nSPS) is 10.9. The van der Waals surface area contributed by atoms with E-state index in [-0.39, 0.29) is 11.6 Å². The third-order valence-electron chi connectivity index (χ3n) is 3.96. The average molecular weight is 396 g/mol. The highest BCUT2D eigenvalue weighted by atomic mass is 35.5. The van der Waals surface area contributed by atoms with Crippen LogP contribution in [-0.2, 0) is 6.54 Å². The van der Waals surface area contributed by atoms with Crippen LogP contribution in [0.1, 0.15) is 21.6 Å². The Morgan fingerprint density at radius 2 is 2.04 bits per heavy atom. The van der Waals surface area contributed by atoms with Gasteiger partial charge in [-0.3, -0.25) is 19.7 Å². The number of halogens is 1. The van der Waals surface area contributed by atoms with Crippen LogP contribution in [0.3, 0.4) is 0 Å². The maximum atomic E-state index is 13.1. The lowest BCUT2D eigenvalue weighted by Crippen LogP contribution is -2.31. The number of thiazole rings is 1. The van der Waals surface area contributed by atoms with Crippen molar-refractivity contribution in [3.05, 3.63) is 77.1 Å². The number of benzene rings is 1. The predicted octanol–water partition coefficient (Wildman–Crippen LogP) is 4.29. The van der Waals surface area contributed by atoms with E-state index < -0.39 is 0 Å². The number of amides is 1. The number of carbonyl (C=O) groups excluding carboxylic acids is 1. The molecule has 134 valence electrons. The highest BCUT2D eigenvalue weighted by Crippen LogP contribution is 2.34. The number of aryl methyl sites for hydroxylation is 1. The van der Waals surface area contributed by atoms with Crippen molar-refractivity contribution in [2.45, 2.75) is 13.5 Å². The molecule has 4 aromatic rings. The standard InChI is InChI=1S/C19H14ClN5OS/c1-12-7-14(20)8-16-17(12)24-19(27-16)25(11-13-3-2-4-21-9-13)18(26)15-10-22-5-6-23-15/h2-10H,11H2,1H3. The van der Waals surface area contributed by atoms with Crippen molar-refractivity contribution in [2.24, 2.45) is 0 Å². The SMILES string of the molecule is Cc1cc(Cl)cc2sc(N(Cc3cccnc3)C(=O)c3cnccn3)nc12. The molecule has 0 N–H and O–H groups in total. The Hall–Kier alpha value is -2.90. The molecule has 0 atom stereocenters. The van der Waals surface area contributed by atoms with Crippen LogP contribution in [0, 0.1) is 6.92 Å². The van der Waals surface area contributed by atoms with Crippen molar-refractivity contribution < 1.29 is 4.79 Å². The molecule has 1 amide bonds. The molecule has 3 aromatic heterocycles. The van der Waals surface area contributed by atoms with E-state index in [1.54, 1.807) is 17.3 Å². The summed E-state index contributed by atoms with van der Waals surface area (Å²) in [6.07, 6.45) is 7.91. The van der Waals surface area contributed by atoms with Crippen LogP contribution in [0.15, 0.2) is 55.2 Å². The average Bonchev–Trinajstić information content (AvgIpc) is 3.11. The van der Waals surface area contributed by atoms with Gasteiger partial charge < -0.3 is 0 Å². The molecule has 0 fully saturated rings. The van der Waals surface area contributed by atoms with Gasteiger partial charge in [-0.2, -0.15) is 0 Å². The molecule has 0 spiro atoms. The summed E-state index contributed by atoms with van der Waals surface area (Å²) < 4.78 is 0.929. The number of rotatable bonds is 4. The summed E-state index contributed by atoms with van der Waals surface area (Å²) in [7, 11) is 0. The number of carbonyl (C=O) groups is 1. The van der Waals surface area contributed by atoms with Gasteiger partial charge in [-0.05, 0) is 36.2 Å². The fourth-order valence-corrected chi connectivity index (χ4v) is 4.12. The fraction of sp³-hybridized carbons (Fsp3) is 0.105. The van der Waals surface area contributed by atoms with Crippen molar-refractivity contribution in [1.29, 1.82) is 0 Å². The van der Waals surface area contributed by atoms with Gasteiger partial charge in [0.05, 0.1) is 23.0 Å². The number of hydrogen-bond acceptors (Lipinski definition) is 6. The molecule has 6 nitrogen and oxygen atoms in total. The molecule has 0 aliphatic heterocycles. The van der Waals surface area contributed by atoms with Gasteiger partial charge in [0.2, 0.25) is 0 Å². The lowest BCUT2D eigenvalue weighted by Gasteiger charge is -2.19. The van der Waals surface area contributed by atoms with E-state index in [9.17, 15) is 4.79 Å². The first-order valence-corrected chi connectivity index (χ1v) is 9.35. The number of fused-ring (bicyclic) bond motifs is 1. The molecule has 4 rings (SSSR count). The molecule has 8 heteroatoms. The Bertz CT molecular complexity index is 1100. The van der Waals surface area contributed by atoms with Crippen LogP contribution in [0.5, 0.6) is 0 Å². The summed E-state index contributed by atoms with van der Waals surface area (Å²) in [5, 5.41) is 1.23. The van der Waals surface area contributed by atoms with E-state index in [0.29, 0.717) is 16.7 Å². The van der Waals surface area contributed by atoms with Crippen LogP contribution < -0.4 is 4.90 Å². The first-order valence-electron chi connectivity index (χ1n) is 8.15. The number of anilines is 1. The van der Waals surface area contributed by atoms with Gasteiger partial charge in [-0.1, -0.05) is 29.0 Å². The summed E-state index contributed by atoms with van der Waals surface area (Å²) in [5.74, 6) is -0.269. The molecule has 0 bridgehead atoms. The summed E-state index contributed by atoms with van der Waals surface area (Å²) in [6, 6.07) is 7.48. The van der Waals surface area contributed by atoms with Gasteiger partial charge in [-0.25, -0.2) is 9.97 Å². The Morgan fingerprint density at radius 3 is 2.78 bits per heavy atom. The number of aromatic nitrogens is 4. The molecule has 1 aromatic carbocycles. The Morgan fingerprint density at radius 1 is 1.19 bits per heavy atom. The fourth-order valence-electron chi connectivity index (χ4n) is 2.71. The van der Waals surface area contributed by atoms with E-state index >= 15 is 0 Å². The number of nitrogens with zero attached hydrogens (tertiary/aromatic N) is 5. The highest BCUT2D eigenvalue weighted by molar-refractivity contribution is 7.22. The van der Waals surface area contributed by atoms with Crippen molar-refractivity contribution >= 4 is 44.2 Å². The maximum absolute atomic E-state index is 13.1. The summed E-state index contributed by atoms with van der Waals surface area (Å²) in [5.41, 5.74) is 2.95. The minimum absolute atomic E-state index is 0.260. The van der Waals surface area contributed by atoms with Gasteiger partial charge in [0.25, 0.3) is 5.91 Å². The molecule has 27 heavy (non-hydrogen) atoms. The largest absolute Gasteiger partial charge is 0.280 e.